The highest BCUT2D eigenvalue weighted by Gasteiger charge is 2.33. The summed E-state index contributed by atoms with van der Waals surface area (Å²) in [5.41, 5.74) is 0. The second kappa shape index (κ2) is 7.29. The van der Waals surface area contributed by atoms with Crippen LogP contribution in [0.2, 0.25) is 0 Å². The van der Waals surface area contributed by atoms with Crippen LogP contribution >= 0.6 is 0 Å². The molecule has 0 saturated carbocycles. The maximum Gasteiger partial charge on any atom is 0.217 e. The van der Waals surface area contributed by atoms with Crippen molar-refractivity contribution in [2.45, 2.75) is 31.3 Å². The van der Waals surface area contributed by atoms with Crippen LogP contribution in [0.3, 0.4) is 0 Å². The summed E-state index contributed by atoms with van der Waals surface area (Å²) in [6, 6.07) is -1.27. The largest absolute Gasteiger partial charge is 0.394 e. The Balaban J connectivity index is 4.70. The number of carbonyl (C=O) groups is 2. The van der Waals surface area contributed by atoms with Crippen molar-refractivity contribution < 1.29 is 31.0 Å². The van der Waals surface area contributed by atoms with Crippen molar-refractivity contribution in [3.05, 3.63) is 0 Å². The van der Waals surface area contributed by atoms with Crippen LogP contribution in [0.25, 0.3) is 0 Å². The van der Waals surface area contributed by atoms with E-state index in [4.69, 9.17) is 11.2 Å². The van der Waals surface area contributed by atoms with Gasteiger partial charge in [0.05, 0.1) is 7.98 Å². The lowest BCUT2D eigenvalue weighted by Gasteiger charge is -2.28. The van der Waals surface area contributed by atoms with E-state index in [9.17, 15) is 19.8 Å². The molecule has 0 rings (SSSR count). The number of aldehydes is 1. The molecule has 0 heterocycles. The fourth-order valence-electron chi connectivity index (χ4n) is 1.18. The van der Waals surface area contributed by atoms with E-state index in [0.29, 0.717) is 0 Å². The quantitative estimate of drug-likeness (QED) is 0.361. The van der Waals surface area contributed by atoms with Gasteiger partial charge in [-0.1, -0.05) is 0 Å². The van der Waals surface area contributed by atoms with Crippen LogP contribution in [0, 0.1) is 0 Å². The van der Waals surface area contributed by atoms with Crippen molar-refractivity contribution in [3.8, 4) is 0 Å². The van der Waals surface area contributed by atoms with Crippen LogP contribution in [0.1, 0.15) is 8.29 Å². The molecule has 0 aromatic carbocycles. The number of hydrogen-bond acceptors (Lipinski definition) is 6. The fraction of sp³-hybridized carbons (Fsp3) is 0.778. The highest BCUT2D eigenvalue weighted by atomic mass is 16.5. The lowest BCUT2D eigenvalue weighted by Crippen LogP contribution is -2.53. The number of amides is 1. The van der Waals surface area contributed by atoms with E-state index in [1.54, 1.807) is 0 Å². The van der Waals surface area contributed by atoms with Gasteiger partial charge in [0.1, 0.15) is 30.6 Å². The molecule has 0 aliphatic rings. The van der Waals surface area contributed by atoms with Gasteiger partial charge >= 0.3 is 0 Å². The Morgan fingerprint density at radius 3 is 2.62 bits per heavy atom. The predicted molar refractivity (Wildman–Crippen MR) is 53.6 cm³/mol. The van der Waals surface area contributed by atoms with Gasteiger partial charge in [0, 0.05) is 14.0 Å². The van der Waals surface area contributed by atoms with E-state index in [-0.39, 0.29) is 6.29 Å². The van der Waals surface area contributed by atoms with E-state index in [0.717, 1.165) is 6.92 Å². The summed E-state index contributed by atoms with van der Waals surface area (Å²) in [5, 5.41) is 30.0. The number of methoxy groups -OCH3 is 1. The molecule has 0 spiro atoms. The average molecular weight is 236 g/mol. The summed E-state index contributed by atoms with van der Waals surface area (Å²) in [7, 11) is -0.565. The Morgan fingerprint density at radius 1 is 1.62 bits per heavy atom. The van der Waals surface area contributed by atoms with Crippen molar-refractivity contribution in [2.75, 3.05) is 13.7 Å². The van der Waals surface area contributed by atoms with Gasteiger partial charge in [0.15, 0.2) is 0 Å². The Bertz CT molecular complexity index is 252. The lowest BCUT2D eigenvalue weighted by atomic mass is 10.0. The van der Waals surface area contributed by atoms with Gasteiger partial charge in [-0.15, -0.1) is 0 Å². The van der Waals surface area contributed by atoms with Crippen molar-refractivity contribution >= 4 is 12.2 Å². The van der Waals surface area contributed by atoms with Gasteiger partial charge in [-0.2, -0.15) is 0 Å². The molecule has 0 unspecified atom stereocenters. The van der Waals surface area contributed by atoms with E-state index >= 15 is 0 Å². The molecule has 1 amide bonds. The fourth-order valence-corrected chi connectivity index (χ4v) is 1.18. The summed E-state index contributed by atoms with van der Waals surface area (Å²) >= 11 is 0. The predicted octanol–water partition coefficient (Wildman–Crippen LogP) is -2.58. The van der Waals surface area contributed by atoms with Crippen molar-refractivity contribution in [1.29, 1.82) is 0 Å². The lowest BCUT2D eigenvalue weighted by molar-refractivity contribution is -0.132. The van der Waals surface area contributed by atoms with Gasteiger partial charge in [-0.25, -0.2) is 0 Å². The maximum atomic E-state index is 10.8. The third-order valence-corrected chi connectivity index (χ3v) is 1.98. The van der Waals surface area contributed by atoms with E-state index in [2.05, 4.69) is 5.32 Å². The molecule has 7 nitrogen and oxygen atoms in total. The Kier molecular flexibility index (Phi) is 5.94. The van der Waals surface area contributed by atoms with Gasteiger partial charge in [0.2, 0.25) is 5.91 Å². The zero-order valence-corrected chi connectivity index (χ0v) is 8.87. The number of aliphatic hydroxyl groups excluding tert-OH is 3. The molecule has 4 N–H and O–H groups in total. The minimum atomic E-state index is -1.55. The molecule has 0 aliphatic carbocycles. The van der Waals surface area contributed by atoms with Crippen molar-refractivity contribution in [3.63, 3.8) is 0 Å². The normalized spacial score (nSPS) is 19.1. The highest BCUT2D eigenvalue weighted by molar-refractivity contribution is 5.77. The van der Waals surface area contributed by atoms with E-state index < -0.39 is 44.0 Å². The first kappa shape index (κ1) is 13.0. The summed E-state index contributed by atoms with van der Waals surface area (Å²) in [6.07, 6.45) is -4.05. The Morgan fingerprint density at radius 2 is 2.25 bits per heavy atom. The van der Waals surface area contributed by atoms with Gasteiger partial charge in [-0.3, -0.25) is 4.79 Å². The second-order valence-corrected chi connectivity index (χ2v) is 3.23. The summed E-state index contributed by atoms with van der Waals surface area (Å²) < 4.78 is 11.5. The summed E-state index contributed by atoms with van der Waals surface area (Å²) in [5.74, 6) is -0.538. The van der Waals surface area contributed by atoms with Crippen molar-refractivity contribution in [1.82, 2.24) is 5.32 Å². The molecule has 0 aromatic rings. The van der Waals surface area contributed by atoms with Crippen LogP contribution < -0.4 is 5.32 Å². The third kappa shape index (κ3) is 4.23. The third-order valence-electron chi connectivity index (χ3n) is 1.98. The molecule has 4 atom stereocenters. The first-order valence-electron chi connectivity index (χ1n) is 5.28. The Hall–Kier alpha value is -1.02. The number of nitrogens with one attached hydrogen (secondary N) is 1. The first-order valence-corrected chi connectivity index (χ1v) is 4.58. The van der Waals surface area contributed by atoms with Gasteiger partial charge in [-0.05, 0) is 0 Å². The molecule has 7 heteroatoms. The van der Waals surface area contributed by atoms with E-state index in [1.165, 1.54) is 0 Å². The monoisotopic (exact) mass is 236 g/mol. The molecule has 16 heavy (non-hydrogen) atoms. The molecule has 0 fully saturated rings. The highest BCUT2D eigenvalue weighted by Crippen LogP contribution is 2.07. The minimum Gasteiger partial charge on any atom is -0.394 e. The number of ether oxygens (including phenoxy) is 1. The van der Waals surface area contributed by atoms with Crippen LogP contribution in [0.15, 0.2) is 0 Å². The smallest absolute Gasteiger partial charge is 0.217 e. The molecular weight excluding hydrogens is 218 g/mol. The second-order valence-electron chi connectivity index (χ2n) is 3.23. The molecule has 0 aliphatic heterocycles. The number of hydrogen-bond donors (Lipinski definition) is 4. The van der Waals surface area contributed by atoms with Crippen LogP contribution in [-0.2, 0) is 14.3 Å². The molecular formula is C9H17NO6. The number of rotatable bonds is 7. The van der Waals surface area contributed by atoms with Crippen LogP contribution in [0.5, 0.6) is 0 Å². The SMILES string of the molecule is [2H]CO[C@@H]([C@H](O)[C@H](C=O)NC(C)=O)[C@H](O)CO. The minimum absolute atomic E-state index is 0.288. The number of carbonyl (C=O) groups excluding carboxylic acids is 2. The number of aliphatic hydroxyl groups is 3. The van der Waals surface area contributed by atoms with Gasteiger partial charge < -0.3 is 30.2 Å². The molecule has 0 saturated heterocycles. The summed E-state index contributed by atoms with van der Waals surface area (Å²) in [6.45, 7) is 0.458. The standard InChI is InChI=1S/C9H17NO6/c1-5(13)10-6(3-11)8(15)9(16-2)7(14)4-12/h3,6-9,12,14-15H,4H2,1-2H3,(H,10,13)/t6-,7+,8+,9+/m0/s1/i2D. The zero-order valence-electron chi connectivity index (χ0n) is 9.87. The van der Waals surface area contributed by atoms with E-state index in [1.807, 2.05) is 0 Å². The van der Waals surface area contributed by atoms with Crippen LogP contribution in [0.4, 0.5) is 0 Å². The molecule has 0 bridgehead atoms. The molecule has 0 radical (unpaired) electrons. The van der Waals surface area contributed by atoms with Gasteiger partial charge in [0.25, 0.3) is 0 Å². The summed E-state index contributed by atoms with van der Waals surface area (Å²) in [4.78, 5) is 21.4. The maximum absolute atomic E-state index is 10.8. The molecule has 94 valence electrons. The zero-order chi connectivity index (χ0) is 13.4. The van der Waals surface area contributed by atoms with Crippen LogP contribution in [-0.4, -0.2) is 65.6 Å². The average Bonchev–Trinajstić information content (AvgIpc) is 2.30. The van der Waals surface area contributed by atoms with Crippen molar-refractivity contribution in [2.24, 2.45) is 0 Å². The first-order chi connectivity index (χ1) is 7.97. The molecule has 0 aromatic heterocycles. The topological polar surface area (TPSA) is 116 Å². The Labute approximate surface area is 94.4 Å².